The monoisotopic (exact) mass is 426 g/mol. The maximum atomic E-state index is 13.2. The number of amides is 1. The summed E-state index contributed by atoms with van der Waals surface area (Å²) in [6, 6.07) is 23.0. The number of carbonyl (C=O) groups excluding carboxylic acids is 1. The number of aryl methyl sites for hydroxylation is 1. The van der Waals surface area contributed by atoms with E-state index in [0.717, 1.165) is 57.1 Å². The minimum Gasteiger partial charge on any atom is -0.460 e. The number of fused-ring (bicyclic) bond motifs is 1. The van der Waals surface area contributed by atoms with Gasteiger partial charge in [-0.2, -0.15) is 0 Å². The molecule has 1 aromatic heterocycles. The summed E-state index contributed by atoms with van der Waals surface area (Å²) in [7, 11) is 0. The number of furan rings is 1. The predicted octanol–water partition coefficient (Wildman–Crippen LogP) is 5.11. The van der Waals surface area contributed by atoms with Gasteiger partial charge in [0.15, 0.2) is 0 Å². The standard InChI is InChI=1S/C28H30N2O2/c31-28(20-26(22-9-3-1-4-10-22)23-11-5-2-6-12-23)30-17-15-29(16-18-30)21-25-19-24-13-7-8-14-27(24)32-25/h1-6,8-12,14,19,26H,7,13,15-18,20-21H2. The number of carbonyl (C=O) groups is 1. The van der Waals surface area contributed by atoms with Crippen LogP contribution in [0.15, 0.2) is 77.2 Å². The van der Waals surface area contributed by atoms with Gasteiger partial charge >= 0.3 is 0 Å². The van der Waals surface area contributed by atoms with E-state index in [1.165, 1.54) is 16.7 Å². The van der Waals surface area contributed by atoms with Crippen LogP contribution in [0.1, 0.15) is 47.0 Å². The number of piperazine rings is 1. The van der Waals surface area contributed by atoms with Gasteiger partial charge in [-0.05, 0) is 41.7 Å². The van der Waals surface area contributed by atoms with E-state index in [1.54, 1.807) is 0 Å². The van der Waals surface area contributed by atoms with Crippen LogP contribution in [-0.4, -0.2) is 41.9 Å². The van der Waals surface area contributed by atoms with Crippen LogP contribution in [-0.2, 0) is 17.8 Å². The van der Waals surface area contributed by atoms with Gasteiger partial charge in [-0.15, -0.1) is 0 Å². The highest BCUT2D eigenvalue weighted by Gasteiger charge is 2.26. The summed E-state index contributed by atoms with van der Waals surface area (Å²) in [4.78, 5) is 17.7. The molecule has 1 fully saturated rings. The molecule has 4 heteroatoms. The minimum atomic E-state index is 0.0884. The molecule has 2 heterocycles. The zero-order chi connectivity index (χ0) is 21.8. The lowest BCUT2D eigenvalue weighted by Crippen LogP contribution is -2.48. The van der Waals surface area contributed by atoms with E-state index in [9.17, 15) is 4.79 Å². The molecule has 0 bridgehead atoms. The van der Waals surface area contributed by atoms with Crippen molar-refractivity contribution in [2.75, 3.05) is 26.2 Å². The van der Waals surface area contributed by atoms with Gasteiger partial charge in [0.05, 0.1) is 6.54 Å². The van der Waals surface area contributed by atoms with Crippen molar-refractivity contribution in [1.29, 1.82) is 0 Å². The van der Waals surface area contributed by atoms with Crippen molar-refractivity contribution in [2.24, 2.45) is 0 Å². The highest BCUT2D eigenvalue weighted by molar-refractivity contribution is 5.78. The quantitative estimate of drug-likeness (QED) is 0.550. The molecule has 1 amide bonds. The van der Waals surface area contributed by atoms with Crippen molar-refractivity contribution in [3.8, 4) is 0 Å². The molecule has 1 aliphatic carbocycles. The van der Waals surface area contributed by atoms with Gasteiger partial charge in [0.1, 0.15) is 11.5 Å². The summed E-state index contributed by atoms with van der Waals surface area (Å²) in [6.07, 6.45) is 6.94. The van der Waals surface area contributed by atoms with E-state index in [1.807, 2.05) is 17.0 Å². The number of hydrogen-bond donors (Lipinski definition) is 0. The van der Waals surface area contributed by atoms with Crippen LogP contribution in [0.3, 0.4) is 0 Å². The molecule has 2 aliphatic rings. The van der Waals surface area contributed by atoms with Crippen molar-refractivity contribution < 1.29 is 9.21 Å². The van der Waals surface area contributed by atoms with Crippen molar-refractivity contribution in [1.82, 2.24) is 9.80 Å². The molecule has 32 heavy (non-hydrogen) atoms. The van der Waals surface area contributed by atoms with Crippen molar-refractivity contribution in [2.45, 2.75) is 31.7 Å². The van der Waals surface area contributed by atoms with Crippen LogP contribution < -0.4 is 0 Å². The maximum Gasteiger partial charge on any atom is 0.223 e. The number of nitrogens with zero attached hydrogens (tertiary/aromatic N) is 2. The Labute approximate surface area is 190 Å². The molecule has 0 atom stereocenters. The fourth-order valence-electron chi connectivity index (χ4n) is 4.82. The highest BCUT2D eigenvalue weighted by atomic mass is 16.3. The largest absolute Gasteiger partial charge is 0.460 e. The molecule has 5 rings (SSSR count). The number of hydrogen-bond acceptors (Lipinski definition) is 3. The summed E-state index contributed by atoms with van der Waals surface area (Å²) in [5, 5.41) is 0. The lowest BCUT2D eigenvalue weighted by molar-refractivity contribution is -0.133. The fraction of sp³-hybridized carbons (Fsp3) is 0.321. The highest BCUT2D eigenvalue weighted by Crippen LogP contribution is 2.29. The maximum absolute atomic E-state index is 13.2. The van der Waals surface area contributed by atoms with Crippen molar-refractivity contribution in [3.05, 3.63) is 101 Å². The van der Waals surface area contributed by atoms with E-state index in [2.05, 4.69) is 71.6 Å². The van der Waals surface area contributed by atoms with Crippen LogP contribution in [0.5, 0.6) is 0 Å². The second kappa shape index (κ2) is 9.58. The smallest absolute Gasteiger partial charge is 0.223 e. The van der Waals surface area contributed by atoms with Gasteiger partial charge in [0.2, 0.25) is 5.91 Å². The molecule has 1 aliphatic heterocycles. The minimum absolute atomic E-state index is 0.0884. The Morgan fingerprint density at radius 1 is 0.906 bits per heavy atom. The summed E-state index contributed by atoms with van der Waals surface area (Å²) in [5.41, 5.74) is 3.72. The van der Waals surface area contributed by atoms with Crippen LogP contribution in [0, 0.1) is 0 Å². The third-order valence-corrected chi connectivity index (χ3v) is 6.63. The molecule has 0 radical (unpaired) electrons. The van der Waals surface area contributed by atoms with Crippen molar-refractivity contribution in [3.63, 3.8) is 0 Å². The van der Waals surface area contributed by atoms with Gasteiger partial charge in [-0.25, -0.2) is 0 Å². The first kappa shape index (κ1) is 20.8. The predicted molar refractivity (Wildman–Crippen MR) is 127 cm³/mol. The molecule has 0 N–H and O–H groups in total. The molecule has 164 valence electrons. The zero-order valence-corrected chi connectivity index (χ0v) is 18.5. The average Bonchev–Trinajstić information content (AvgIpc) is 3.26. The molecule has 0 saturated carbocycles. The summed E-state index contributed by atoms with van der Waals surface area (Å²) in [5.74, 6) is 2.38. The lowest BCUT2D eigenvalue weighted by atomic mass is 9.88. The number of benzene rings is 2. The Kier molecular flexibility index (Phi) is 6.22. The normalized spacial score (nSPS) is 16.3. The molecule has 2 aromatic carbocycles. The van der Waals surface area contributed by atoms with Gasteiger partial charge in [-0.1, -0.05) is 66.7 Å². The van der Waals surface area contributed by atoms with E-state index >= 15 is 0 Å². The van der Waals surface area contributed by atoms with E-state index in [0.29, 0.717) is 6.42 Å². The van der Waals surface area contributed by atoms with E-state index < -0.39 is 0 Å². The third kappa shape index (κ3) is 4.71. The Hall–Kier alpha value is -3.11. The van der Waals surface area contributed by atoms with Crippen molar-refractivity contribution >= 4 is 12.0 Å². The average molecular weight is 427 g/mol. The molecule has 4 nitrogen and oxygen atoms in total. The molecule has 0 spiro atoms. The van der Waals surface area contributed by atoms with E-state index in [-0.39, 0.29) is 11.8 Å². The number of rotatable bonds is 6. The number of allylic oxidation sites excluding steroid dienone is 1. The second-order valence-electron chi connectivity index (χ2n) is 8.78. The molecule has 3 aromatic rings. The Bertz CT molecular complexity index is 1020. The van der Waals surface area contributed by atoms with Gasteiger partial charge < -0.3 is 9.32 Å². The Morgan fingerprint density at radius 2 is 1.56 bits per heavy atom. The summed E-state index contributed by atoms with van der Waals surface area (Å²) >= 11 is 0. The first-order chi connectivity index (χ1) is 15.8. The topological polar surface area (TPSA) is 36.7 Å². The summed E-state index contributed by atoms with van der Waals surface area (Å²) in [6.45, 7) is 4.13. The first-order valence-corrected chi connectivity index (χ1v) is 11.6. The zero-order valence-electron chi connectivity index (χ0n) is 18.5. The second-order valence-corrected chi connectivity index (χ2v) is 8.78. The molecular weight excluding hydrogens is 396 g/mol. The third-order valence-electron chi connectivity index (χ3n) is 6.63. The SMILES string of the molecule is O=C(CC(c1ccccc1)c1ccccc1)N1CCN(Cc2cc3c(o2)C=CCC3)CC1. The van der Waals surface area contributed by atoms with Gasteiger partial charge in [0, 0.05) is 38.5 Å². The van der Waals surface area contributed by atoms with Gasteiger partial charge in [0.25, 0.3) is 0 Å². The van der Waals surface area contributed by atoms with Crippen LogP contribution in [0.4, 0.5) is 0 Å². The van der Waals surface area contributed by atoms with Gasteiger partial charge in [-0.3, -0.25) is 9.69 Å². The molecule has 0 unspecified atom stereocenters. The molecule has 1 saturated heterocycles. The summed E-state index contributed by atoms with van der Waals surface area (Å²) < 4.78 is 6.02. The molecular formula is C28H30N2O2. The first-order valence-electron chi connectivity index (χ1n) is 11.6. The van der Waals surface area contributed by atoms with Crippen LogP contribution in [0.25, 0.3) is 6.08 Å². The Balaban J connectivity index is 1.20. The fourth-order valence-corrected chi connectivity index (χ4v) is 4.82. The van der Waals surface area contributed by atoms with Crippen LogP contribution >= 0.6 is 0 Å². The van der Waals surface area contributed by atoms with E-state index in [4.69, 9.17) is 4.42 Å². The Morgan fingerprint density at radius 3 is 2.19 bits per heavy atom. The van der Waals surface area contributed by atoms with Crippen LogP contribution in [0.2, 0.25) is 0 Å². The lowest BCUT2D eigenvalue weighted by Gasteiger charge is -2.35.